The Labute approximate surface area is 129 Å². The molecule has 2 aliphatic rings. The van der Waals surface area contributed by atoms with Crippen LogP contribution in [0.1, 0.15) is 44.1 Å². The Balaban J connectivity index is 1.59. The van der Waals surface area contributed by atoms with Crippen LogP contribution in [0.2, 0.25) is 0 Å². The lowest BCUT2D eigenvalue weighted by molar-refractivity contribution is -0.139. The third-order valence-corrected chi connectivity index (χ3v) is 4.44. The molecule has 0 radical (unpaired) electrons. The number of nitrogens with one attached hydrogen (secondary N) is 1. The Morgan fingerprint density at radius 2 is 1.64 bits per heavy atom. The predicted molar refractivity (Wildman–Crippen MR) is 81.8 cm³/mol. The highest BCUT2D eigenvalue weighted by Crippen LogP contribution is 2.26. The van der Waals surface area contributed by atoms with Crippen LogP contribution < -0.4 is 5.32 Å². The van der Waals surface area contributed by atoms with Crippen molar-refractivity contribution in [3.05, 3.63) is 29.8 Å². The van der Waals surface area contributed by atoms with Gasteiger partial charge in [0.15, 0.2) is 0 Å². The van der Waals surface area contributed by atoms with Gasteiger partial charge >= 0.3 is 0 Å². The average molecular weight is 300 g/mol. The van der Waals surface area contributed by atoms with Crippen molar-refractivity contribution >= 4 is 23.4 Å². The molecule has 5 nitrogen and oxygen atoms in total. The normalized spacial score (nSPS) is 19.0. The Hall–Kier alpha value is -2.17. The van der Waals surface area contributed by atoms with E-state index in [1.807, 2.05) is 24.3 Å². The van der Waals surface area contributed by atoms with Crippen LogP contribution in [0.5, 0.6) is 0 Å². The van der Waals surface area contributed by atoms with Gasteiger partial charge < -0.3 is 5.32 Å². The molecule has 0 unspecified atom stereocenters. The highest BCUT2D eigenvalue weighted by molar-refractivity contribution is 6.01. The summed E-state index contributed by atoms with van der Waals surface area (Å²) in [5, 5.41) is 2.94. The number of hydrogen-bond donors (Lipinski definition) is 1. The molecule has 0 bridgehead atoms. The summed E-state index contributed by atoms with van der Waals surface area (Å²) < 4.78 is 0. The van der Waals surface area contributed by atoms with Gasteiger partial charge in [-0.15, -0.1) is 0 Å². The van der Waals surface area contributed by atoms with Crippen molar-refractivity contribution in [1.29, 1.82) is 0 Å². The molecule has 116 valence electrons. The molecule has 0 spiro atoms. The summed E-state index contributed by atoms with van der Waals surface area (Å²) in [4.78, 5) is 36.5. The van der Waals surface area contributed by atoms with E-state index >= 15 is 0 Å². The van der Waals surface area contributed by atoms with E-state index in [0.717, 1.165) is 36.9 Å². The fraction of sp³-hybridized carbons (Fsp3) is 0.471. The Morgan fingerprint density at radius 1 is 1.05 bits per heavy atom. The molecular weight excluding hydrogens is 280 g/mol. The molecule has 1 heterocycles. The number of amides is 3. The van der Waals surface area contributed by atoms with Gasteiger partial charge in [0.25, 0.3) is 0 Å². The van der Waals surface area contributed by atoms with E-state index in [2.05, 4.69) is 5.32 Å². The lowest BCUT2D eigenvalue weighted by Gasteiger charge is -2.14. The van der Waals surface area contributed by atoms with Crippen molar-refractivity contribution < 1.29 is 14.4 Å². The molecule has 3 rings (SSSR count). The zero-order valence-electron chi connectivity index (χ0n) is 12.5. The van der Waals surface area contributed by atoms with Crippen LogP contribution in [-0.2, 0) is 20.9 Å². The highest BCUT2D eigenvalue weighted by atomic mass is 16.2. The maximum atomic E-state index is 12.1. The molecule has 22 heavy (non-hydrogen) atoms. The third-order valence-electron chi connectivity index (χ3n) is 4.44. The van der Waals surface area contributed by atoms with Gasteiger partial charge in [-0.1, -0.05) is 25.0 Å². The third kappa shape index (κ3) is 3.18. The number of hydrogen-bond acceptors (Lipinski definition) is 3. The number of benzene rings is 1. The number of carbonyl (C=O) groups excluding carboxylic acids is 3. The summed E-state index contributed by atoms with van der Waals surface area (Å²) in [6.45, 7) is 0.314. The van der Waals surface area contributed by atoms with E-state index in [1.165, 1.54) is 4.90 Å². The summed E-state index contributed by atoms with van der Waals surface area (Å²) in [6.07, 6.45) is 4.85. The van der Waals surface area contributed by atoms with E-state index in [1.54, 1.807) is 0 Å². The van der Waals surface area contributed by atoms with Crippen LogP contribution >= 0.6 is 0 Å². The van der Waals surface area contributed by atoms with Gasteiger partial charge in [0.2, 0.25) is 17.7 Å². The molecule has 1 saturated carbocycles. The first-order chi connectivity index (χ1) is 10.6. The molecule has 1 saturated heterocycles. The summed E-state index contributed by atoms with van der Waals surface area (Å²) in [5.74, 6) is 0.0156. The van der Waals surface area contributed by atoms with Crippen molar-refractivity contribution in [3.63, 3.8) is 0 Å². The van der Waals surface area contributed by atoms with Crippen LogP contribution in [0.15, 0.2) is 24.3 Å². The lowest BCUT2D eigenvalue weighted by Crippen LogP contribution is -2.28. The van der Waals surface area contributed by atoms with Crippen LogP contribution in [0.4, 0.5) is 5.69 Å². The zero-order chi connectivity index (χ0) is 15.5. The van der Waals surface area contributed by atoms with Gasteiger partial charge in [0.05, 0.1) is 6.54 Å². The molecule has 1 aliphatic carbocycles. The van der Waals surface area contributed by atoms with E-state index in [4.69, 9.17) is 0 Å². The molecule has 1 aromatic rings. The van der Waals surface area contributed by atoms with Gasteiger partial charge in [-0.3, -0.25) is 19.3 Å². The number of likely N-dealkylation sites (tertiary alicyclic amines) is 1. The van der Waals surface area contributed by atoms with E-state index in [0.29, 0.717) is 19.4 Å². The summed E-state index contributed by atoms with van der Waals surface area (Å²) >= 11 is 0. The van der Waals surface area contributed by atoms with Crippen molar-refractivity contribution in [2.45, 2.75) is 45.1 Å². The number of rotatable bonds is 4. The maximum absolute atomic E-state index is 12.1. The van der Waals surface area contributed by atoms with Crippen molar-refractivity contribution in [2.75, 3.05) is 5.32 Å². The van der Waals surface area contributed by atoms with Gasteiger partial charge in [0.1, 0.15) is 0 Å². The minimum absolute atomic E-state index is 0.0927. The molecule has 2 fully saturated rings. The Bertz CT molecular complexity index is 572. The molecule has 0 atom stereocenters. The number of imide groups is 1. The highest BCUT2D eigenvalue weighted by Gasteiger charge is 2.28. The van der Waals surface area contributed by atoms with Gasteiger partial charge in [0, 0.05) is 24.4 Å². The Morgan fingerprint density at radius 3 is 2.23 bits per heavy atom. The fourth-order valence-corrected chi connectivity index (χ4v) is 3.11. The first-order valence-corrected chi connectivity index (χ1v) is 7.86. The topological polar surface area (TPSA) is 66.5 Å². The van der Waals surface area contributed by atoms with Crippen LogP contribution in [0.25, 0.3) is 0 Å². The second kappa shape index (κ2) is 6.30. The summed E-state index contributed by atoms with van der Waals surface area (Å²) in [5.41, 5.74) is 1.65. The van der Waals surface area contributed by atoms with Crippen molar-refractivity contribution in [2.24, 2.45) is 5.92 Å². The Kier molecular flexibility index (Phi) is 4.22. The summed E-state index contributed by atoms with van der Waals surface area (Å²) in [7, 11) is 0. The molecule has 0 aromatic heterocycles. The van der Waals surface area contributed by atoms with Crippen LogP contribution in [0.3, 0.4) is 0 Å². The second-order valence-electron chi connectivity index (χ2n) is 6.04. The number of anilines is 1. The van der Waals surface area contributed by atoms with E-state index < -0.39 is 0 Å². The smallest absolute Gasteiger partial charge is 0.229 e. The van der Waals surface area contributed by atoms with Gasteiger partial charge in [-0.2, -0.15) is 0 Å². The molecule has 1 N–H and O–H groups in total. The van der Waals surface area contributed by atoms with Gasteiger partial charge in [-0.25, -0.2) is 0 Å². The molecule has 3 amide bonds. The quantitative estimate of drug-likeness (QED) is 0.869. The average Bonchev–Trinajstić information content (AvgIpc) is 3.15. The second-order valence-corrected chi connectivity index (χ2v) is 6.04. The molecular formula is C17H20N2O3. The van der Waals surface area contributed by atoms with Crippen LogP contribution in [0, 0.1) is 5.92 Å². The van der Waals surface area contributed by atoms with Gasteiger partial charge in [-0.05, 0) is 30.5 Å². The molecule has 1 aliphatic heterocycles. The minimum Gasteiger partial charge on any atom is -0.326 e. The first-order valence-electron chi connectivity index (χ1n) is 7.86. The summed E-state index contributed by atoms with van der Waals surface area (Å²) in [6, 6.07) is 7.35. The molecule has 1 aromatic carbocycles. The fourth-order valence-electron chi connectivity index (χ4n) is 3.11. The van der Waals surface area contributed by atoms with Crippen LogP contribution in [-0.4, -0.2) is 22.6 Å². The zero-order valence-corrected chi connectivity index (χ0v) is 12.5. The largest absolute Gasteiger partial charge is 0.326 e. The van der Waals surface area contributed by atoms with E-state index in [9.17, 15) is 14.4 Å². The molecule has 5 heteroatoms. The minimum atomic E-state index is -0.108. The number of carbonyl (C=O) groups is 3. The predicted octanol–water partition coefficient (Wildman–Crippen LogP) is 2.46. The first kappa shape index (κ1) is 14.8. The SMILES string of the molecule is O=C(Nc1ccc(CN2C(=O)CCC2=O)cc1)C1CCCC1. The lowest BCUT2D eigenvalue weighted by atomic mass is 10.1. The van der Waals surface area contributed by atoms with E-state index in [-0.39, 0.29) is 23.6 Å². The standard InChI is InChI=1S/C17H20N2O3/c20-15-9-10-16(21)19(15)11-12-5-7-14(8-6-12)18-17(22)13-3-1-2-4-13/h5-8,13H,1-4,9-11H2,(H,18,22). The van der Waals surface area contributed by atoms with Crippen molar-refractivity contribution in [3.8, 4) is 0 Å². The van der Waals surface area contributed by atoms with Crippen molar-refractivity contribution in [1.82, 2.24) is 4.90 Å². The maximum Gasteiger partial charge on any atom is 0.229 e. The number of nitrogens with zero attached hydrogens (tertiary/aromatic N) is 1. The monoisotopic (exact) mass is 300 g/mol.